The van der Waals surface area contributed by atoms with Gasteiger partial charge in [-0.2, -0.15) is 0 Å². The van der Waals surface area contributed by atoms with E-state index in [1.54, 1.807) is 18.4 Å². The fourth-order valence-electron chi connectivity index (χ4n) is 1.98. The Morgan fingerprint density at radius 1 is 1.18 bits per heavy atom. The van der Waals surface area contributed by atoms with Gasteiger partial charge in [-0.3, -0.25) is 0 Å². The average Bonchev–Trinajstić information content (AvgIpc) is 3.07. The second kappa shape index (κ2) is 6.09. The Kier molecular flexibility index (Phi) is 3.82. The standard InChI is InChI=1S/C16H13N3O3/c20-16(21)13-10-18-14(11-5-2-1-3-6-11)19-15(13)17-9-12-7-4-8-22-12/h1-8,10H,9H2,(H,20,21)(H,17,18,19). The fourth-order valence-corrected chi connectivity index (χ4v) is 1.98. The predicted molar refractivity (Wildman–Crippen MR) is 80.5 cm³/mol. The molecule has 0 bridgehead atoms. The van der Waals surface area contributed by atoms with Crippen molar-refractivity contribution in [3.8, 4) is 11.4 Å². The maximum absolute atomic E-state index is 11.3. The molecule has 0 aliphatic carbocycles. The van der Waals surface area contributed by atoms with E-state index in [0.29, 0.717) is 18.1 Å². The fraction of sp³-hybridized carbons (Fsp3) is 0.0625. The summed E-state index contributed by atoms with van der Waals surface area (Å²) >= 11 is 0. The van der Waals surface area contributed by atoms with E-state index in [1.807, 2.05) is 30.3 Å². The van der Waals surface area contributed by atoms with E-state index in [4.69, 9.17) is 4.42 Å². The van der Waals surface area contributed by atoms with E-state index in [-0.39, 0.29) is 11.4 Å². The van der Waals surface area contributed by atoms with Crippen LogP contribution in [0.2, 0.25) is 0 Å². The van der Waals surface area contributed by atoms with Crippen LogP contribution < -0.4 is 5.32 Å². The number of carboxylic acid groups (broad SMARTS) is 1. The van der Waals surface area contributed by atoms with Gasteiger partial charge in [-0.05, 0) is 12.1 Å². The lowest BCUT2D eigenvalue weighted by Gasteiger charge is -2.09. The Balaban J connectivity index is 1.92. The van der Waals surface area contributed by atoms with Crippen LogP contribution in [0.4, 0.5) is 5.82 Å². The number of anilines is 1. The highest BCUT2D eigenvalue weighted by Gasteiger charge is 2.14. The van der Waals surface area contributed by atoms with Gasteiger partial charge >= 0.3 is 5.97 Å². The van der Waals surface area contributed by atoms with Crippen molar-refractivity contribution in [3.05, 3.63) is 66.2 Å². The molecular weight excluding hydrogens is 282 g/mol. The zero-order valence-electron chi connectivity index (χ0n) is 11.6. The van der Waals surface area contributed by atoms with Crippen LogP contribution in [0, 0.1) is 0 Å². The van der Waals surface area contributed by atoms with Crippen molar-refractivity contribution < 1.29 is 14.3 Å². The SMILES string of the molecule is O=C(O)c1cnc(-c2ccccc2)nc1NCc1ccco1. The van der Waals surface area contributed by atoms with E-state index < -0.39 is 5.97 Å². The summed E-state index contributed by atoms with van der Waals surface area (Å²) in [5.74, 6) is 0.336. The summed E-state index contributed by atoms with van der Waals surface area (Å²) in [7, 11) is 0. The van der Waals surface area contributed by atoms with Crippen molar-refractivity contribution in [1.29, 1.82) is 0 Å². The van der Waals surface area contributed by atoms with Gasteiger partial charge in [0.25, 0.3) is 0 Å². The van der Waals surface area contributed by atoms with Crippen LogP contribution in [-0.2, 0) is 6.54 Å². The van der Waals surface area contributed by atoms with Crippen LogP contribution in [0.1, 0.15) is 16.1 Å². The van der Waals surface area contributed by atoms with Crippen molar-refractivity contribution in [2.75, 3.05) is 5.32 Å². The Bertz CT molecular complexity index is 771. The summed E-state index contributed by atoms with van der Waals surface area (Å²) in [5.41, 5.74) is 0.840. The normalized spacial score (nSPS) is 10.4. The summed E-state index contributed by atoms with van der Waals surface area (Å²) in [6, 6.07) is 12.9. The Hall–Kier alpha value is -3.15. The van der Waals surface area contributed by atoms with Gasteiger partial charge in [0.05, 0.1) is 12.8 Å². The van der Waals surface area contributed by atoms with Crippen LogP contribution >= 0.6 is 0 Å². The molecule has 0 atom stereocenters. The quantitative estimate of drug-likeness (QED) is 0.752. The van der Waals surface area contributed by atoms with Gasteiger partial charge in [-0.15, -0.1) is 0 Å². The van der Waals surface area contributed by atoms with E-state index >= 15 is 0 Å². The molecule has 2 aromatic heterocycles. The molecule has 0 aliphatic rings. The van der Waals surface area contributed by atoms with Gasteiger partial charge in [0, 0.05) is 11.8 Å². The highest BCUT2D eigenvalue weighted by atomic mass is 16.4. The number of hydrogen-bond donors (Lipinski definition) is 2. The zero-order chi connectivity index (χ0) is 15.4. The Morgan fingerprint density at radius 3 is 2.68 bits per heavy atom. The number of carbonyl (C=O) groups is 1. The second-order valence-corrected chi connectivity index (χ2v) is 4.56. The highest BCUT2D eigenvalue weighted by molar-refractivity contribution is 5.93. The minimum Gasteiger partial charge on any atom is -0.477 e. The topological polar surface area (TPSA) is 88.2 Å². The summed E-state index contributed by atoms with van der Waals surface area (Å²) in [5, 5.41) is 12.2. The maximum Gasteiger partial charge on any atom is 0.341 e. The van der Waals surface area contributed by atoms with Crippen LogP contribution in [-0.4, -0.2) is 21.0 Å². The van der Waals surface area contributed by atoms with Crippen LogP contribution in [0.15, 0.2) is 59.3 Å². The first-order valence-corrected chi connectivity index (χ1v) is 6.66. The summed E-state index contributed by atoms with van der Waals surface area (Å²) < 4.78 is 5.22. The molecule has 0 unspecified atom stereocenters. The molecule has 2 heterocycles. The van der Waals surface area contributed by atoms with Crippen LogP contribution in [0.3, 0.4) is 0 Å². The number of carboxylic acids is 1. The van der Waals surface area contributed by atoms with Crippen LogP contribution in [0.25, 0.3) is 11.4 Å². The predicted octanol–water partition coefficient (Wildman–Crippen LogP) is 3.05. The lowest BCUT2D eigenvalue weighted by Crippen LogP contribution is -2.09. The molecule has 1 aromatic carbocycles. The van der Waals surface area contributed by atoms with Crippen molar-refractivity contribution in [2.24, 2.45) is 0 Å². The molecule has 0 fully saturated rings. The molecule has 0 aliphatic heterocycles. The molecule has 3 rings (SSSR count). The van der Waals surface area contributed by atoms with Gasteiger partial charge in [0.15, 0.2) is 5.82 Å². The first-order chi connectivity index (χ1) is 10.7. The van der Waals surface area contributed by atoms with E-state index in [0.717, 1.165) is 5.56 Å². The highest BCUT2D eigenvalue weighted by Crippen LogP contribution is 2.20. The number of rotatable bonds is 5. The largest absolute Gasteiger partial charge is 0.477 e. The van der Waals surface area contributed by atoms with Crippen molar-refractivity contribution in [1.82, 2.24) is 9.97 Å². The molecule has 22 heavy (non-hydrogen) atoms. The number of benzene rings is 1. The summed E-state index contributed by atoms with van der Waals surface area (Å²) in [6.45, 7) is 0.346. The molecule has 6 nitrogen and oxygen atoms in total. The van der Waals surface area contributed by atoms with E-state index in [1.165, 1.54) is 6.20 Å². The minimum atomic E-state index is -1.08. The molecule has 6 heteroatoms. The summed E-state index contributed by atoms with van der Waals surface area (Å²) in [4.78, 5) is 19.7. The minimum absolute atomic E-state index is 0.0197. The van der Waals surface area contributed by atoms with Gasteiger partial charge in [-0.1, -0.05) is 30.3 Å². The number of aromatic carboxylic acids is 1. The van der Waals surface area contributed by atoms with Gasteiger partial charge in [0.1, 0.15) is 17.1 Å². The smallest absolute Gasteiger partial charge is 0.341 e. The van der Waals surface area contributed by atoms with Crippen molar-refractivity contribution >= 4 is 11.8 Å². The lowest BCUT2D eigenvalue weighted by molar-refractivity contribution is 0.0697. The Labute approximate surface area is 126 Å². The van der Waals surface area contributed by atoms with Crippen LogP contribution in [0.5, 0.6) is 0 Å². The van der Waals surface area contributed by atoms with Crippen molar-refractivity contribution in [3.63, 3.8) is 0 Å². The number of nitrogens with one attached hydrogen (secondary N) is 1. The molecule has 0 radical (unpaired) electrons. The average molecular weight is 295 g/mol. The first kappa shape index (κ1) is 13.8. The maximum atomic E-state index is 11.3. The van der Waals surface area contributed by atoms with Crippen molar-refractivity contribution in [2.45, 2.75) is 6.54 Å². The zero-order valence-corrected chi connectivity index (χ0v) is 11.6. The molecule has 3 aromatic rings. The third kappa shape index (κ3) is 2.95. The summed E-state index contributed by atoms with van der Waals surface area (Å²) in [6.07, 6.45) is 2.87. The lowest BCUT2D eigenvalue weighted by atomic mass is 10.2. The third-order valence-electron chi connectivity index (χ3n) is 3.06. The number of nitrogens with zero attached hydrogens (tertiary/aromatic N) is 2. The molecule has 2 N–H and O–H groups in total. The molecule has 0 amide bonds. The number of furan rings is 1. The molecule has 0 saturated heterocycles. The first-order valence-electron chi connectivity index (χ1n) is 6.66. The second-order valence-electron chi connectivity index (χ2n) is 4.56. The molecule has 110 valence electrons. The number of hydrogen-bond acceptors (Lipinski definition) is 5. The Morgan fingerprint density at radius 2 is 2.00 bits per heavy atom. The van der Waals surface area contributed by atoms with Gasteiger partial charge in [0.2, 0.25) is 0 Å². The van der Waals surface area contributed by atoms with E-state index in [9.17, 15) is 9.90 Å². The molecular formula is C16H13N3O3. The van der Waals surface area contributed by atoms with Gasteiger partial charge in [-0.25, -0.2) is 14.8 Å². The monoisotopic (exact) mass is 295 g/mol. The molecule has 0 spiro atoms. The molecule has 0 saturated carbocycles. The number of aromatic nitrogens is 2. The third-order valence-corrected chi connectivity index (χ3v) is 3.06. The van der Waals surface area contributed by atoms with Gasteiger partial charge < -0.3 is 14.8 Å². The van der Waals surface area contributed by atoms with E-state index in [2.05, 4.69) is 15.3 Å².